The van der Waals surface area contributed by atoms with Crippen LogP contribution in [0.3, 0.4) is 0 Å². The fourth-order valence-electron chi connectivity index (χ4n) is 3.39. The van der Waals surface area contributed by atoms with Gasteiger partial charge in [0.15, 0.2) is 0 Å². The van der Waals surface area contributed by atoms with E-state index in [0.717, 1.165) is 25.9 Å². The molecule has 1 aromatic rings. The second-order valence-corrected chi connectivity index (χ2v) is 6.80. The molecule has 2 fully saturated rings. The highest BCUT2D eigenvalue weighted by Crippen LogP contribution is 2.48. The number of carbonyl (C=O) groups excluding carboxylic acids is 1. The monoisotopic (exact) mass is 322 g/mol. The molecule has 0 aromatic carbocycles. The highest BCUT2D eigenvalue weighted by molar-refractivity contribution is 5.85. The Labute approximate surface area is 136 Å². The zero-order valence-electron chi connectivity index (χ0n) is 13.5. The van der Waals surface area contributed by atoms with Gasteiger partial charge in [0.1, 0.15) is 0 Å². The van der Waals surface area contributed by atoms with Crippen molar-refractivity contribution in [2.75, 3.05) is 39.3 Å². The van der Waals surface area contributed by atoms with Crippen LogP contribution in [0.15, 0.2) is 18.7 Å². The fourth-order valence-corrected chi connectivity index (χ4v) is 3.39. The lowest BCUT2D eigenvalue weighted by molar-refractivity contribution is -0.138. The van der Waals surface area contributed by atoms with Gasteiger partial charge < -0.3 is 19.7 Å². The second kappa shape index (κ2) is 6.98. The third-order valence-electron chi connectivity index (χ3n) is 4.86. The standard InChI is InChI=1S/C16H26N4O3/c21-9-1-5-18-7-8-20(11-14(22)10-18)15(23)16(2-3-16)12-19-6-4-17-13-19/h4,6,13-14,21-22H,1-3,5,7-12H2/t14-/m1/s1. The molecule has 1 atom stereocenters. The Kier molecular flexibility index (Phi) is 4.99. The van der Waals surface area contributed by atoms with Crippen molar-refractivity contribution < 1.29 is 15.0 Å². The van der Waals surface area contributed by atoms with Gasteiger partial charge in [-0.25, -0.2) is 4.98 Å². The van der Waals surface area contributed by atoms with E-state index in [9.17, 15) is 9.90 Å². The van der Waals surface area contributed by atoms with E-state index in [1.54, 1.807) is 12.5 Å². The number of carbonyl (C=O) groups is 1. The Hall–Kier alpha value is -1.44. The van der Waals surface area contributed by atoms with E-state index in [1.807, 2.05) is 15.7 Å². The van der Waals surface area contributed by atoms with Gasteiger partial charge in [-0.1, -0.05) is 0 Å². The fraction of sp³-hybridized carbons (Fsp3) is 0.750. The van der Waals surface area contributed by atoms with E-state index in [4.69, 9.17) is 5.11 Å². The zero-order chi connectivity index (χ0) is 16.3. The number of aliphatic hydroxyl groups is 2. The summed E-state index contributed by atoms with van der Waals surface area (Å²) in [6.45, 7) is 3.96. The summed E-state index contributed by atoms with van der Waals surface area (Å²) in [5, 5.41) is 19.2. The molecule has 1 saturated heterocycles. The minimum absolute atomic E-state index is 0.156. The van der Waals surface area contributed by atoms with Gasteiger partial charge in [-0.3, -0.25) is 9.69 Å². The maximum Gasteiger partial charge on any atom is 0.230 e. The maximum atomic E-state index is 13.0. The van der Waals surface area contributed by atoms with Crippen molar-refractivity contribution in [3.8, 4) is 0 Å². The van der Waals surface area contributed by atoms with Gasteiger partial charge in [0.25, 0.3) is 0 Å². The largest absolute Gasteiger partial charge is 0.396 e. The first-order chi connectivity index (χ1) is 11.1. The van der Waals surface area contributed by atoms with Gasteiger partial charge in [-0.2, -0.15) is 0 Å². The molecule has 7 heteroatoms. The number of aliphatic hydroxyl groups excluding tert-OH is 2. The molecular formula is C16H26N4O3. The predicted octanol–water partition coefficient (Wildman–Crippen LogP) is -0.449. The van der Waals surface area contributed by atoms with Crippen molar-refractivity contribution in [3.63, 3.8) is 0 Å². The molecule has 0 bridgehead atoms. The topological polar surface area (TPSA) is 81.8 Å². The molecule has 2 heterocycles. The van der Waals surface area contributed by atoms with Crippen LogP contribution in [0, 0.1) is 5.41 Å². The minimum atomic E-state index is -0.524. The quantitative estimate of drug-likeness (QED) is 0.741. The normalized spacial score (nSPS) is 24.4. The van der Waals surface area contributed by atoms with Crippen LogP contribution in [0.1, 0.15) is 19.3 Å². The van der Waals surface area contributed by atoms with Crippen LogP contribution < -0.4 is 0 Å². The molecule has 3 rings (SSSR count). The molecular weight excluding hydrogens is 296 g/mol. The van der Waals surface area contributed by atoms with E-state index in [0.29, 0.717) is 32.6 Å². The zero-order valence-corrected chi connectivity index (χ0v) is 13.5. The molecule has 2 N–H and O–H groups in total. The third kappa shape index (κ3) is 3.91. The van der Waals surface area contributed by atoms with Crippen LogP contribution in [-0.2, 0) is 11.3 Å². The van der Waals surface area contributed by atoms with Gasteiger partial charge in [-0.05, 0) is 19.3 Å². The summed E-state index contributed by atoms with van der Waals surface area (Å²) in [6, 6.07) is 0. The first-order valence-corrected chi connectivity index (χ1v) is 8.39. The van der Waals surface area contributed by atoms with Crippen LogP contribution in [0.25, 0.3) is 0 Å². The minimum Gasteiger partial charge on any atom is -0.396 e. The van der Waals surface area contributed by atoms with Crippen molar-refractivity contribution in [3.05, 3.63) is 18.7 Å². The summed E-state index contributed by atoms with van der Waals surface area (Å²) >= 11 is 0. The Morgan fingerprint density at radius 3 is 2.78 bits per heavy atom. The number of β-amino-alcohol motifs (C(OH)–C–C–N with tert-alkyl or cyclic N) is 1. The Balaban J connectivity index is 1.61. The van der Waals surface area contributed by atoms with Crippen molar-refractivity contribution in [1.29, 1.82) is 0 Å². The first kappa shape index (κ1) is 16.4. The van der Waals surface area contributed by atoms with Crippen LogP contribution in [0.5, 0.6) is 0 Å². The molecule has 0 unspecified atom stereocenters. The number of aromatic nitrogens is 2. The summed E-state index contributed by atoms with van der Waals surface area (Å²) < 4.78 is 1.96. The molecule has 1 aliphatic heterocycles. The molecule has 1 amide bonds. The lowest BCUT2D eigenvalue weighted by atomic mass is 10.0. The smallest absolute Gasteiger partial charge is 0.230 e. The molecule has 7 nitrogen and oxygen atoms in total. The highest BCUT2D eigenvalue weighted by atomic mass is 16.3. The van der Waals surface area contributed by atoms with Gasteiger partial charge in [-0.15, -0.1) is 0 Å². The third-order valence-corrected chi connectivity index (χ3v) is 4.86. The predicted molar refractivity (Wildman–Crippen MR) is 84.6 cm³/mol. The molecule has 1 aromatic heterocycles. The lowest BCUT2D eigenvalue weighted by Crippen LogP contribution is -2.43. The molecule has 1 aliphatic carbocycles. The van der Waals surface area contributed by atoms with Crippen molar-refractivity contribution in [2.24, 2.45) is 5.41 Å². The summed E-state index contributed by atoms with van der Waals surface area (Å²) in [6.07, 6.45) is 7.36. The van der Waals surface area contributed by atoms with Crippen LogP contribution in [-0.4, -0.2) is 80.9 Å². The van der Waals surface area contributed by atoms with E-state index >= 15 is 0 Å². The van der Waals surface area contributed by atoms with E-state index < -0.39 is 6.10 Å². The van der Waals surface area contributed by atoms with Crippen LogP contribution >= 0.6 is 0 Å². The summed E-state index contributed by atoms with van der Waals surface area (Å²) in [4.78, 5) is 20.9. The Bertz CT molecular complexity index is 515. The van der Waals surface area contributed by atoms with Crippen LogP contribution in [0.2, 0.25) is 0 Å². The van der Waals surface area contributed by atoms with Crippen molar-refractivity contribution in [2.45, 2.75) is 31.9 Å². The number of rotatable bonds is 6. The number of amides is 1. The van der Waals surface area contributed by atoms with Gasteiger partial charge >= 0.3 is 0 Å². The molecule has 0 radical (unpaired) electrons. The van der Waals surface area contributed by atoms with E-state index in [2.05, 4.69) is 9.88 Å². The number of hydrogen-bond donors (Lipinski definition) is 2. The Morgan fingerprint density at radius 2 is 2.13 bits per heavy atom. The molecule has 2 aliphatic rings. The van der Waals surface area contributed by atoms with E-state index in [1.165, 1.54) is 0 Å². The number of hydrogen-bond acceptors (Lipinski definition) is 5. The van der Waals surface area contributed by atoms with Crippen molar-refractivity contribution in [1.82, 2.24) is 19.4 Å². The number of imidazole rings is 1. The summed E-state index contributed by atoms with van der Waals surface area (Å²) in [5.41, 5.74) is -0.305. The maximum absolute atomic E-state index is 13.0. The molecule has 23 heavy (non-hydrogen) atoms. The SMILES string of the molecule is O=C(N1CCN(CCCO)C[C@@H](O)C1)C1(Cn2ccnc2)CC1. The average Bonchev–Trinajstić information content (AvgIpc) is 3.19. The Morgan fingerprint density at radius 1 is 1.30 bits per heavy atom. The lowest BCUT2D eigenvalue weighted by Gasteiger charge is -2.27. The summed E-state index contributed by atoms with van der Waals surface area (Å²) in [5.74, 6) is 0.161. The molecule has 1 saturated carbocycles. The first-order valence-electron chi connectivity index (χ1n) is 8.39. The van der Waals surface area contributed by atoms with Gasteiger partial charge in [0.2, 0.25) is 5.91 Å². The average molecular weight is 322 g/mol. The van der Waals surface area contributed by atoms with E-state index in [-0.39, 0.29) is 17.9 Å². The van der Waals surface area contributed by atoms with Gasteiger partial charge in [0, 0.05) is 58.3 Å². The summed E-state index contributed by atoms with van der Waals surface area (Å²) in [7, 11) is 0. The molecule has 0 spiro atoms. The number of nitrogens with zero attached hydrogens (tertiary/aromatic N) is 4. The van der Waals surface area contributed by atoms with Crippen LogP contribution in [0.4, 0.5) is 0 Å². The molecule has 128 valence electrons. The highest BCUT2D eigenvalue weighted by Gasteiger charge is 2.52. The van der Waals surface area contributed by atoms with Crippen molar-refractivity contribution >= 4 is 5.91 Å². The van der Waals surface area contributed by atoms with Gasteiger partial charge in [0.05, 0.1) is 17.8 Å². The second-order valence-electron chi connectivity index (χ2n) is 6.80.